The maximum atomic E-state index is 12.9. The van der Waals surface area contributed by atoms with E-state index in [2.05, 4.69) is 0 Å². The lowest BCUT2D eigenvalue weighted by Crippen LogP contribution is -2.00. The number of nitrogens with zero attached hydrogens (tertiary/aromatic N) is 4. The Morgan fingerprint density at radius 2 is 1.28 bits per heavy atom. The molecular weight excluding hydrogens is 484 g/mol. The van der Waals surface area contributed by atoms with E-state index in [1.807, 2.05) is 92.7 Å². The van der Waals surface area contributed by atoms with Crippen molar-refractivity contribution in [2.75, 3.05) is 7.11 Å². The maximum absolute atomic E-state index is 12.9. The number of esters is 1. The lowest BCUT2D eigenvalue weighted by Gasteiger charge is -2.15. The Morgan fingerprint density at radius 1 is 0.667 bits per heavy atom. The van der Waals surface area contributed by atoms with Gasteiger partial charge in [-0.1, -0.05) is 80.6 Å². The Bertz CT molecular complexity index is 1750. The zero-order valence-corrected chi connectivity index (χ0v) is 21.6. The van der Waals surface area contributed by atoms with Gasteiger partial charge in [0, 0.05) is 11.1 Å². The zero-order chi connectivity index (χ0) is 28.1. The molecule has 0 atom stereocenters. The average Bonchev–Trinajstić information content (AvgIpc) is 3.29. The van der Waals surface area contributed by atoms with Crippen LogP contribution in [0.4, 0.5) is 0 Å². The smallest absolute Gasteiger partial charge is 0.338 e. The molecule has 0 aliphatic heterocycles. The highest BCUT2D eigenvalue weighted by Gasteiger charge is 2.30. The van der Waals surface area contributed by atoms with Crippen LogP contribution in [0.2, 0.25) is 0 Å². The van der Waals surface area contributed by atoms with Crippen LogP contribution in [0.15, 0.2) is 83.9 Å². The molecule has 0 radical (unpaired) electrons. The van der Waals surface area contributed by atoms with Crippen molar-refractivity contribution in [3.63, 3.8) is 0 Å². The van der Waals surface area contributed by atoms with E-state index in [-0.39, 0.29) is 33.8 Å². The third-order valence-corrected chi connectivity index (χ3v) is 6.62. The third kappa shape index (κ3) is 4.72. The first-order valence-corrected chi connectivity index (χ1v) is 12.1. The standard InChI is InChI=1S/C33H22N4O2/c1-20(2)22-9-7-11-26-28(14-22)30(33(38)39-3)15-29(26)32(24(18-36)19-37)31(23(16-34)17-35)27-13-12-21-8-5-4-6-10-25(21)27/h4-15,20H,1-3H3. The van der Waals surface area contributed by atoms with Crippen LogP contribution >= 0.6 is 0 Å². The number of nitriles is 4. The minimum Gasteiger partial charge on any atom is -0.465 e. The van der Waals surface area contributed by atoms with Crippen LogP contribution in [-0.2, 0) is 4.74 Å². The predicted molar refractivity (Wildman–Crippen MR) is 148 cm³/mol. The van der Waals surface area contributed by atoms with Gasteiger partial charge in [-0.15, -0.1) is 0 Å². The van der Waals surface area contributed by atoms with E-state index in [4.69, 9.17) is 4.74 Å². The number of hydrogen-bond acceptors (Lipinski definition) is 6. The predicted octanol–water partition coefficient (Wildman–Crippen LogP) is 7.11. The Morgan fingerprint density at radius 3 is 1.90 bits per heavy atom. The molecule has 4 aliphatic carbocycles. The second-order valence-electron chi connectivity index (χ2n) is 9.09. The quantitative estimate of drug-likeness (QED) is 0.161. The van der Waals surface area contributed by atoms with Crippen LogP contribution in [0.5, 0.6) is 0 Å². The Hall–Kier alpha value is -5.69. The van der Waals surface area contributed by atoms with E-state index in [1.54, 1.807) is 18.2 Å². The lowest BCUT2D eigenvalue weighted by molar-refractivity contribution is 0.0602. The molecule has 0 heterocycles. The summed E-state index contributed by atoms with van der Waals surface area (Å²) in [6, 6.07) is 29.8. The highest BCUT2D eigenvalue weighted by atomic mass is 16.5. The average molecular weight is 507 g/mol. The van der Waals surface area contributed by atoms with E-state index in [0.717, 1.165) is 16.7 Å². The summed E-state index contributed by atoms with van der Waals surface area (Å²) in [6.45, 7) is 4.07. The van der Waals surface area contributed by atoms with Crippen LogP contribution in [0.1, 0.15) is 46.8 Å². The molecule has 186 valence electrons. The van der Waals surface area contributed by atoms with Gasteiger partial charge >= 0.3 is 5.97 Å². The van der Waals surface area contributed by atoms with E-state index in [9.17, 15) is 25.8 Å². The van der Waals surface area contributed by atoms with Gasteiger partial charge in [-0.05, 0) is 50.9 Å². The summed E-state index contributed by atoms with van der Waals surface area (Å²) in [5, 5.41) is 40.2. The Labute approximate surface area is 227 Å². The normalized spacial score (nSPS) is 10.2. The fraction of sp³-hybridized carbons (Fsp3) is 0.121. The summed E-state index contributed by atoms with van der Waals surface area (Å²) in [5.74, 6) is -0.428. The third-order valence-electron chi connectivity index (χ3n) is 6.62. The first-order valence-electron chi connectivity index (χ1n) is 12.1. The number of carbonyl (C=O) groups is 1. The molecule has 0 spiro atoms. The van der Waals surface area contributed by atoms with Crippen molar-refractivity contribution in [2.24, 2.45) is 0 Å². The number of hydrogen-bond donors (Lipinski definition) is 0. The molecule has 0 saturated carbocycles. The summed E-state index contributed by atoms with van der Waals surface area (Å²) in [7, 11) is 1.28. The molecule has 0 N–H and O–H groups in total. The number of allylic oxidation sites excluding steroid dienone is 4. The lowest BCUT2D eigenvalue weighted by atomic mass is 9.84. The first kappa shape index (κ1) is 26.4. The van der Waals surface area contributed by atoms with Crippen LogP contribution in [-0.4, -0.2) is 13.1 Å². The number of ether oxygens (including phenoxy) is 1. The fourth-order valence-corrected chi connectivity index (χ4v) is 4.74. The SMILES string of the molecule is COC(=O)c1cc(C(=C(C#N)C#N)C(=C(C#N)C#N)c2ccc3cccccc2-3)c2cccc(C(C)C)cc1-2. The van der Waals surface area contributed by atoms with Crippen molar-refractivity contribution in [1.82, 2.24) is 0 Å². The topological polar surface area (TPSA) is 121 Å². The molecule has 0 saturated heterocycles. The number of fused-ring (bicyclic) bond motifs is 2. The summed E-state index contributed by atoms with van der Waals surface area (Å²) >= 11 is 0. The molecule has 0 fully saturated rings. The van der Waals surface area contributed by atoms with Crippen molar-refractivity contribution < 1.29 is 9.53 Å². The van der Waals surface area contributed by atoms with Gasteiger partial charge in [-0.25, -0.2) is 4.79 Å². The molecule has 0 aromatic carbocycles. The van der Waals surface area contributed by atoms with Crippen molar-refractivity contribution >= 4 is 17.1 Å². The van der Waals surface area contributed by atoms with Crippen LogP contribution < -0.4 is 0 Å². The summed E-state index contributed by atoms with van der Waals surface area (Å²) < 4.78 is 5.07. The molecule has 0 unspecified atom stereocenters. The molecule has 0 aromatic rings. The second kappa shape index (κ2) is 11.1. The van der Waals surface area contributed by atoms with Gasteiger partial charge in [0.2, 0.25) is 0 Å². The molecule has 0 aromatic heterocycles. The van der Waals surface area contributed by atoms with Gasteiger partial charge in [-0.2, -0.15) is 21.0 Å². The second-order valence-corrected chi connectivity index (χ2v) is 9.09. The zero-order valence-electron chi connectivity index (χ0n) is 21.6. The van der Waals surface area contributed by atoms with Crippen LogP contribution in [0, 0.1) is 45.3 Å². The van der Waals surface area contributed by atoms with Crippen molar-refractivity contribution in [3.05, 3.63) is 106 Å². The number of methoxy groups -OCH3 is 1. The molecule has 0 amide bonds. The minimum absolute atomic E-state index is 0.106. The van der Waals surface area contributed by atoms with Crippen LogP contribution in [0.25, 0.3) is 33.4 Å². The highest BCUT2D eigenvalue weighted by molar-refractivity contribution is 6.17. The molecule has 0 bridgehead atoms. The summed E-state index contributed by atoms with van der Waals surface area (Å²) in [4.78, 5) is 12.9. The van der Waals surface area contributed by atoms with Gasteiger partial charge < -0.3 is 4.74 Å². The molecular formula is C33H22N4O2. The number of rotatable bonds is 5. The molecule has 6 heteroatoms. The van der Waals surface area contributed by atoms with E-state index in [1.165, 1.54) is 7.11 Å². The van der Waals surface area contributed by atoms with Gasteiger partial charge in [0.05, 0.1) is 12.7 Å². The van der Waals surface area contributed by atoms with Crippen molar-refractivity contribution in [1.29, 1.82) is 21.0 Å². The highest BCUT2D eigenvalue weighted by Crippen LogP contribution is 2.47. The summed E-state index contributed by atoms with van der Waals surface area (Å²) in [5.41, 5.74) is 4.58. The van der Waals surface area contributed by atoms with Crippen LogP contribution in [0.3, 0.4) is 0 Å². The molecule has 4 rings (SSSR count). The molecule has 6 nitrogen and oxygen atoms in total. The van der Waals surface area contributed by atoms with Gasteiger partial charge in [0.25, 0.3) is 0 Å². The van der Waals surface area contributed by atoms with Gasteiger partial charge in [0.15, 0.2) is 0 Å². The largest absolute Gasteiger partial charge is 0.465 e. The molecule has 4 aliphatic rings. The van der Waals surface area contributed by atoms with Crippen molar-refractivity contribution in [2.45, 2.75) is 19.8 Å². The van der Waals surface area contributed by atoms with Gasteiger partial charge in [0.1, 0.15) is 35.4 Å². The minimum atomic E-state index is -0.584. The van der Waals surface area contributed by atoms with E-state index >= 15 is 0 Å². The van der Waals surface area contributed by atoms with Crippen molar-refractivity contribution in [3.8, 4) is 46.5 Å². The van der Waals surface area contributed by atoms with E-state index < -0.39 is 5.97 Å². The van der Waals surface area contributed by atoms with E-state index in [0.29, 0.717) is 22.3 Å². The maximum Gasteiger partial charge on any atom is 0.338 e. The monoisotopic (exact) mass is 506 g/mol. The summed E-state index contributed by atoms with van der Waals surface area (Å²) in [6.07, 6.45) is 0. The fourth-order valence-electron chi connectivity index (χ4n) is 4.74. The first-order chi connectivity index (χ1) is 18.9. The Kier molecular flexibility index (Phi) is 7.54. The molecule has 39 heavy (non-hydrogen) atoms. The van der Waals surface area contributed by atoms with Gasteiger partial charge in [-0.3, -0.25) is 0 Å². The Balaban J connectivity index is 2.19. The number of carbonyl (C=O) groups excluding carboxylic acids is 1.